The number of ether oxygens (including phenoxy) is 2. The molecule has 0 bridgehead atoms. The number of rotatable bonds is 6. The van der Waals surface area contributed by atoms with Gasteiger partial charge < -0.3 is 9.47 Å². The molecule has 0 aliphatic heterocycles. The molecule has 0 saturated carbocycles. The number of methoxy groups -OCH3 is 1. The topological polar surface area (TPSA) is 51.7 Å². The lowest BCUT2D eigenvalue weighted by molar-refractivity contribution is -0.115. The first-order valence-corrected chi connectivity index (χ1v) is 9.11. The zero-order chi connectivity index (χ0) is 18.5. The van der Waals surface area contributed by atoms with E-state index >= 15 is 0 Å². The van der Waals surface area contributed by atoms with Crippen LogP contribution < -0.4 is 14.4 Å². The minimum absolute atomic E-state index is 0.151. The SMILES string of the molecule is COc1ccccc1N(C(C)=O)c1nc(COc2ccccc2Cl)cs1. The van der Waals surface area contributed by atoms with Gasteiger partial charge in [0.25, 0.3) is 0 Å². The number of hydrogen-bond donors (Lipinski definition) is 0. The fraction of sp³-hybridized carbons (Fsp3) is 0.158. The second-order valence-electron chi connectivity index (χ2n) is 5.37. The highest BCUT2D eigenvalue weighted by Gasteiger charge is 2.21. The highest BCUT2D eigenvalue weighted by Crippen LogP contribution is 2.35. The third kappa shape index (κ3) is 3.98. The molecule has 3 aromatic rings. The van der Waals surface area contributed by atoms with Gasteiger partial charge in [0.15, 0.2) is 5.13 Å². The van der Waals surface area contributed by atoms with E-state index in [0.29, 0.717) is 33.0 Å². The molecule has 1 heterocycles. The maximum Gasteiger partial charge on any atom is 0.230 e. The van der Waals surface area contributed by atoms with Gasteiger partial charge in [-0.1, -0.05) is 35.9 Å². The largest absolute Gasteiger partial charge is 0.495 e. The van der Waals surface area contributed by atoms with Crippen molar-refractivity contribution in [3.8, 4) is 11.5 Å². The molecule has 7 heteroatoms. The molecule has 0 unspecified atom stereocenters. The molecule has 0 spiro atoms. The molecule has 0 aliphatic rings. The number of thiazole rings is 1. The van der Waals surface area contributed by atoms with Gasteiger partial charge in [-0.05, 0) is 24.3 Å². The van der Waals surface area contributed by atoms with Crippen LogP contribution in [0.1, 0.15) is 12.6 Å². The third-order valence-electron chi connectivity index (χ3n) is 3.58. The molecular weight excluding hydrogens is 372 g/mol. The second-order valence-corrected chi connectivity index (χ2v) is 6.61. The Bertz CT molecular complexity index is 913. The Morgan fingerprint density at radius 3 is 2.54 bits per heavy atom. The van der Waals surface area contributed by atoms with Crippen LogP contribution in [0, 0.1) is 0 Å². The molecule has 3 rings (SSSR count). The van der Waals surface area contributed by atoms with Crippen molar-refractivity contribution in [2.45, 2.75) is 13.5 Å². The normalized spacial score (nSPS) is 10.4. The van der Waals surface area contributed by atoms with E-state index in [2.05, 4.69) is 4.98 Å². The van der Waals surface area contributed by atoms with Gasteiger partial charge in [0, 0.05) is 12.3 Å². The highest BCUT2D eigenvalue weighted by atomic mass is 35.5. The van der Waals surface area contributed by atoms with Gasteiger partial charge in [0.2, 0.25) is 5.91 Å². The van der Waals surface area contributed by atoms with E-state index < -0.39 is 0 Å². The fourth-order valence-electron chi connectivity index (χ4n) is 2.40. The Morgan fingerprint density at radius 2 is 1.85 bits per heavy atom. The van der Waals surface area contributed by atoms with Crippen LogP contribution >= 0.6 is 22.9 Å². The van der Waals surface area contributed by atoms with Crippen molar-refractivity contribution in [1.29, 1.82) is 0 Å². The first-order chi connectivity index (χ1) is 12.6. The maximum atomic E-state index is 12.2. The summed E-state index contributed by atoms with van der Waals surface area (Å²) in [7, 11) is 1.57. The number of hydrogen-bond acceptors (Lipinski definition) is 5. The van der Waals surface area contributed by atoms with E-state index in [1.807, 2.05) is 35.7 Å². The Labute approximate surface area is 160 Å². The van der Waals surface area contributed by atoms with E-state index in [9.17, 15) is 4.79 Å². The smallest absolute Gasteiger partial charge is 0.230 e. The second kappa shape index (κ2) is 8.21. The lowest BCUT2D eigenvalue weighted by atomic mass is 10.2. The highest BCUT2D eigenvalue weighted by molar-refractivity contribution is 7.14. The van der Waals surface area contributed by atoms with E-state index in [4.69, 9.17) is 21.1 Å². The molecule has 0 radical (unpaired) electrons. The molecule has 1 amide bonds. The van der Waals surface area contributed by atoms with Crippen molar-refractivity contribution in [3.63, 3.8) is 0 Å². The van der Waals surface area contributed by atoms with Crippen molar-refractivity contribution >= 4 is 39.7 Å². The molecule has 1 aromatic heterocycles. The van der Waals surface area contributed by atoms with Crippen molar-refractivity contribution in [3.05, 3.63) is 64.6 Å². The van der Waals surface area contributed by atoms with Gasteiger partial charge in [-0.3, -0.25) is 9.69 Å². The van der Waals surface area contributed by atoms with Crippen LogP contribution in [0.3, 0.4) is 0 Å². The van der Waals surface area contributed by atoms with Gasteiger partial charge in [-0.25, -0.2) is 4.98 Å². The number of nitrogens with zero attached hydrogens (tertiary/aromatic N) is 2. The molecule has 134 valence electrons. The molecule has 26 heavy (non-hydrogen) atoms. The van der Waals surface area contributed by atoms with Gasteiger partial charge in [0.1, 0.15) is 18.1 Å². The fourth-order valence-corrected chi connectivity index (χ4v) is 3.46. The summed E-state index contributed by atoms with van der Waals surface area (Å²) >= 11 is 7.46. The zero-order valence-corrected chi connectivity index (χ0v) is 15.9. The van der Waals surface area contributed by atoms with Crippen LogP contribution in [0.2, 0.25) is 5.02 Å². The monoisotopic (exact) mass is 388 g/mol. The number of anilines is 2. The van der Waals surface area contributed by atoms with Crippen molar-refractivity contribution in [2.24, 2.45) is 0 Å². The summed E-state index contributed by atoms with van der Waals surface area (Å²) in [5.74, 6) is 1.05. The van der Waals surface area contributed by atoms with Gasteiger partial charge in [-0.15, -0.1) is 11.3 Å². The maximum absolute atomic E-state index is 12.2. The van der Waals surface area contributed by atoms with Crippen molar-refractivity contribution < 1.29 is 14.3 Å². The number of halogens is 1. The van der Waals surface area contributed by atoms with Gasteiger partial charge >= 0.3 is 0 Å². The number of benzene rings is 2. The number of para-hydroxylation sites is 3. The average Bonchev–Trinajstić information content (AvgIpc) is 3.10. The molecule has 0 atom stereocenters. The Kier molecular flexibility index (Phi) is 5.75. The molecule has 5 nitrogen and oxygen atoms in total. The van der Waals surface area contributed by atoms with Crippen LogP contribution in [0.25, 0.3) is 0 Å². The van der Waals surface area contributed by atoms with E-state index in [1.54, 1.807) is 25.3 Å². The third-order valence-corrected chi connectivity index (χ3v) is 4.77. The number of aromatic nitrogens is 1. The van der Waals surface area contributed by atoms with Crippen molar-refractivity contribution in [1.82, 2.24) is 4.98 Å². The average molecular weight is 389 g/mol. The lowest BCUT2D eigenvalue weighted by Crippen LogP contribution is -2.23. The van der Waals surface area contributed by atoms with Crippen LogP contribution in [0.5, 0.6) is 11.5 Å². The minimum atomic E-state index is -0.151. The lowest BCUT2D eigenvalue weighted by Gasteiger charge is -2.20. The number of amides is 1. The number of carbonyl (C=O) groups excluding carboxylic acids is 1. The molecule has 0 saturated heterocycles. The first kappa shape index (κ1) is 18.2. The predicted octanol–water partition coefficient (Wildman–Crippen LogP) is 5.07. The summed E-state index contributed by atoms with van der Waals surface area (Å²) < 4.78 is 11.1. The predicted molar refractivity (Wildman–Crippen MR) is 104 cm³/mol. The van der Waals surface area contributed by atoms with Crippen LogP contribution in [0.15, 0.2) is 53.9 Å². The Balaban J connectivity index is 1.82. The summed E-state index contributed by atoms with van der Waals surface area (Å²) in [5.41, 5.74) is 1.36. The summed E-state index contributed by atoms with van der Waals surface area (Å²) in [4.78, 5) is 18.3. The zero-order valence-electron chi connectivity index (χ0n) is 14.3. The minimum Gasteiger partial charge on any atom is -0.495 e. The molecule has 0 N–H and O–H groups in total. The summed E-state index contributed by atoms with van der Waals surface area (Å²) in [6.07, 6.45) is 0. The molecule has 0 fully saturated rings. The van der Waals surface area contributed by atoms with Gasteiger partial charge in [-0.2, -0.15) is 0 Å². The standard InChI is InChI=1S/C19H17ClN2O3S/c1-13(23)22(16-8-4-6-10-18(16)24-2)19-21-14(12-26-19)11-25-17-9-5-3-7-15(17)20/h3-10,12H,11H2,1-2H3. The van der Waals surface area contributed by atoms with Crippen LogP contribution in [0.4, 0.5) is 10.8 Å². The summed E-state index contributed by atoms with van der Waals surface area (Å²) in [5, 5.41) is 2.96. The molecule has 2 aromatic carbocycles. The van der Waals surface area contributed by atoms with Gasteiger partial charge in [0.05, 0.1) is 23.5 Å². The molecular formula is C19H17ClN2O3S. The van der Waals surface area contributed by atoms with E-state index in [0.717, 1.165) is 0 Å². The van der Waals surface area contributed by atoms with Crippen LogP contribution in [-0.2, 0) is 11.4 Å². The quantitative estimate of drug-likeness (QED) is 0.591. The Morgan fingerprint density at radius 1 is 1.15 bits per heavy atom. The van der Waals surface area contributed by atoms with E-state index in [-0.39, 0.29) is 12.5 Å². The number of carbonyl (C=O) groups is 1. The first-order valence-electron chi connectivity index (χ1n) is 7.85. The van der Waals surface area contributed by atoms with Crippen LogP contribution in [-0.4, -0.2) is 18.0 Å². The van der Waals surface area contributed by atoms with E-state index in [1.165, 1.54) is 23.2 Å². The summed E-state index contributed by atoms with van der Waals surface area (Å²) in [6.45, 7) is 1.76. The summed E-state index contributed by atoms with van der Waals surface area (Å²) in [6, 6.07) is 14.6. The molecule has 0 aliphatic carbocycles. The Hall–Kier alpha value is -2.57. The van der Waals surface area contributed by atoms with Crippen molar-refractivity contribution in [2.75, 3.05) is 12.0 Å².